The molecule has 2 N–H and O–H groups in total. The number of rotatable bonds is 6. The Labute approximate surface area is 380 Å². The second-order valence-electron chi connectivity index (χ2n) is 17.2. The molecule has 7 aliphatic rings. The number of ether oxygens (including phenoxy) is 7. The predicted molar refractivity (Wildman–Crippen MR) is 237 cm³/mol. The van der Waals surface area contributed by atoms with E-state index in [4.69, 9.17) is 33.2 Å². The normalized spacial score (nSPS) is 26.3. The number of nitriles is 1. The van der Waals surface area contributed by atoms with Crippen molar-refractivity contribution in [3.8, 4) is 46.3 Å². The summed E-state index contributed by atoms with van der Waals surface area (Å²) in [5.74, 6) is 0.443. The van der Waals surface area contributed by atoms with Crippen molar-refractivity contribution in [2.75, 3.05) is 47.0 Å². The van der Waals surface area contributed by atoms with Crippen LogP contribution >= 0.6 is 11.8 Å². The summed E-state index contributed by atoms with van der Waals surface area (Å²) < 4.78 is 42.5. The molecule has 4 aromatic rings. The number of aromatic hydroxyl groups is 1. The zero-order valence-corrected chi connectivity index (χ0v) is 37.6. The highest BCUT2D eigenvalue weighted by molar-refractivity contribution is 7.99. The van der Waals surface area contributed by atoms with Crippen molar-refractivity contribution < 1.29 is 52.6 Å². The maximum absolute atomic E-state index is 15.1. The molecule has 7 heterocycles. The summed E-state index contributed by atoms with van der Waals surface area (Å²) in [6.45, 7) is 5.16. The summed E-state index contributed by atoms with van der Waals surface area (Å²) in [4.78, 5) is 45.7. The molecule has 65 heavy (non-hydrogen) atoms. The summed E-state index contributed by atoms with van der Waals surface area (Å²) in [5, 5.41) is 26.4. The van der Waals surface area contributed by atoms with Gasteiger partial charge < -0.3 is 38.3 Å². The molecular formula is C49H48N4O11S. The Hall–Kier alpha value is -6.25. The van der Waals surface area contributed by atoms with Gasteiger partial charge in [-0.1, -0.05) is 36.4 Å². The predicted octanol–water partition coefficient (Wildman–Crippen LogP) is 5.90. The number of fused-ring (bicyclic) bond motifs is 9. The molecule has 11 rings (SSSR count). The Balaban J connectivity index is 1.15. The number of aryl methyl sites for hydroxylation is 1. The van der Waals surface area contributed by atoms with E-state index in [2.05, 4.69) is 21.2 Å². The van der Waals surface area contributed by atoms with Crippen LogP contribution < -0.4 is 33.7 Å². The Kier molecular flexibility index (Phi) is 10.7. The highest BCUT2D eigenvalue weighted by Gasteiger charge is 2.62. The number of methoxy groups -OCH3 is 2. The van der Waals surface area contributed by atoms with Gasteiger partial charge in [-0.25, -0.2) is 9.59 Å². The number of phenols is 1. The third-order valence-corrected chi connectivity index (χ3v) is 15.3. The van der Waals surface area contributed by atoms with Crippen LogP contribution in [0.5, 0.6) is 40.2 Å². The molecule has 15 nitrogen and oxygen atoms in total. The third-order valence-electron chi connectivity index (χ3n) is 13.8. The summed E-state index contributed by atoms with van der Waals surface area (Å²) >= 11 is 1.46. The summed E-state index contributed by atoms with van der Waals surface area (Å²) in [6.07, 6.45) is 3.99. The van der Waals surface area contributed by atoms with Crippen molar-refractivity contribution in [2.24, 2.45) is 0 Å². The first kappa shape index (κ1) is 42.7. The second kappa shape index (κ2) is 16.3. The first-order chi connectivity index (χ1) is 31.4. The number of esters is 3. The molecule has 2 fully saturated rings. The standard InChI is InChI=1S/C49H48N4O11S/c1-24-16-29-17-31-32(20-50)53-33-21-60-48(57)49(30-19-34(58-5)35(18-28(30)14-15-51-49)64-36(55)13-12-27-10-8-7-9-11-27)22-65-47(41(53)40(52(31)4)37(29)42(56)43(24)59-6)39-38(33)46-45(61-23-62-46)25(2)44(39)63-26(3)54/h7-13,16,18-19,31-33,40-41,47,51,56H,14-15,17,21-23H2,1-6H3/b13-12+/t31-,32+,33-,40-,41?,47-,49-/m1/s1. The van der Waals surface area contributed by atoms with E-state index in [-0.39, 0.29) is 42.4 Å². The molecule has 16 heteroatoms. The molecule has 7 aliphatic heterocycles. The van der Waals surface area contributed by atoms with Crippen LogP contribution in [-0.4, -0.2) is 97.9 Å². The number of nitrogens with one attached hydrogen (secondary N) is 1. The van der Waals surface area contributed by atoms with Crippen molar-refractivity contribution in [2.45, 2.75) is 74.6 Å². The van der Waals surface area contributed by atoms with E-state index in [1.54, 1.807) is 18.2 Å². The minimum absolute atomic E-state index is 0.0263. The average molecular weight is 901 g/mol. The van der Waals surface area contributed by atoms with E-state index in [1.807, 2.05) is 57.3 Å². The summed E-state index contributed by atoms with van der Waals surface area (Å²) in [7, 11) is 4.99. The molecule has 4 bridgehead atoms. The first-order valence-electron chi connectivity index (χ1n) is 21.5. The maximum Gasteiger partial charge on any atom is 0.336 e. The Morgan fingerprint density at radius 2 is 1.77 bits per heavy atom. The maximum atomic E-state index is 15.1. The Morgan fingerprint density at radius 3 is 2.51 bits per heavy atom. The number of nitrogens with zero attached hydrogens (tertiary/aromatic N) is 3. The number of carbonyl (C=O) groups is 3. The van der Waals surface area contributed by atoms with Crippen molar-refractivity contribution in [1.29, 1.82) is 5.26 Å². The SMILES string of the molecule is COc1cc2c(cc1OC(=O)/C=C/c1ccccc1)CCN[C@]21CS[C@@H]2c3c(OC(C)=O)c(C)c4c(c3[C@@H](COC1=O)N1C2[C@H]2c3c(cc(C)c(OC)c3O)C[C@H]([C@@H]1C#N)N2C)OCO4. The van der Waals surface area contributed by atoms with E-state index in [9.17, 15) is 20.0 Å². The molecule has 2 saturated heterocycles. The van der Waals surface area contributed by atoms with Crippen molar-refractivity contribution >= 4 is 35.7 Å². The largest absolute Gasteiger partial charge is 0.504 e. The van der Waals surface area contributed by atoms with Gasteiger partial charge in [0.25, 0.3) is 0 Å². The van der Waals surface area contributed by atoms with Crippen LogP contribution in [0.2, 0.25) is 0 Å². The molecule has 7 atom stereocenters. The molecule has 0 amide bonds. The van der Waals surface area contributed by atoms with Gasteiger partial charge in [0.2, 0.25) is 6.79 Å². The zero-order chi connectivity index (χ0) is 45.5. The van der Waals surface area contributed by atoms with Crippen LogP contribution in [-0.2, 0) is 37.5 Å². The van der Waals surface area contributed by atoms with Gasteiger partial charge in [0.1, 0.15) is 18.4 Å². The van der Waals surface area contributed by atoms with Gasteiger partial charge in [0.05, 0.1) is 37.6 Å². The molecule has 0 saturated carbocycles. The number of piperazine rings is 1. The van der Waals surface area contributed by atoms with Crippen LogP contribution in [0.25, 0.3) is 6.08 Å². The summed E-state index contributed by atoms with van der Waals surface area (Å²) in [6, 6.07) is 14.7. The lowest BCUT2D eigenvalue weighted by molar-refractivity contribution is -0.157. The first-order valence-corrected chi connectivity index (χ1v) is 22.6. The minimum Gasteiger partial charge on any atom is -0.504 e. The fraction of sp³-hybridized carbons (Fsp3) is 0.388. The number of benzene rings is 4. The van der Waals surface area contributed by atoms with Crippen LogP contribution in [0, 0.1) is 25.2 Å². The molecule has 0 radical (unpaired) electrons. The number of phenolic OH excluding ortho intramolecular Hbond substituents is 1. The molecular weight excluding hydrogens is 853 g/mol. The van der Waals surface area contributed by atoms with Gasteiger partial charge in [-0.2, -0.15) is 5.26 Å². The van der Waals surface area contributed by atoms with Gasteiger partial charge in [0.15, 0.2) is 40.0 Å². The van der Waals surface area contributed by atoms with Gasteiger partial charge in [0, 0.05) is 59.6 Å². The number of carbonyl (C=O) groups excluding carboxylic acids is 3. The fourth-order valence-electron chi connectivity index (χ4n) is 11.1. The van der Waals surface area contributed by atoms with Crippen LogP contribution in [0.1, 0.15) is 74.3 Å². The monoisotopic (exact) mass is 900 g/mol. The van der Waals surface area contributed by atoms with Crippen LogP contribution in [0.15, 0.2) is 54.6 Å². The lowest BCUT2D eigenvalue weighted by Crippen LogP contribution is -2.69. The van der Waals surface area contributed by atoms with Gasteiger partial charge in [-0.05, 0) is 79.8 Å². The van der Waals surface area contributed by atoms with Crippen LogP contribution in [0.3, 0.4) is 0 Å². The Morgan fingerprint density at radius 1 is 0.985 bits per heavy atom. The van der Waals surface area contributed by atoms with Gasteiger partial charge in [-0.15, -0.1) is 11.8 Å². The van der Waals surface area contributed by atoms with E-state index < -0.39 is 52.9 Å². The molecule has 336 valence electrons. The van der Waals surface area contributed by atoms with E-state index in [1.165, 1.54) is 39.0 Å². The summed E-state index contributed by atoms with van der Waals surface area (Å²) in [5.41, 5.74) is 5.00. The van der Waals surface area contributed by atoms with Crippen molar-refractivity contribution in [1.82, 2.24) is 15.1 Å². The lowest BCUT2D eigenvalue weighted by Gasteiger charge is -2.62. The second-order valence-corrected chi connectivity index (χ2v) is 18.4. The lowest BCUT2D eigenvalue weighted by atomic mass is 9.71. The minimum atomic E-state index is -1.44. The van der Waals surface area contributed by atoms with Crippen molar-refractivity contribution in [3.63, 3.8) is 0 Å². The number of hydrogen-bond donors (Lipinski definition) is 2. The van der Waals surface area contributed by atoms with E-state index in [0.717, 1.165) is 22.3 Å². The van der Waals surface area contributed by atoms with Gasteiger partial charge in [-0.3, -0.25) is 19.9 Å². The highest BCUT2D eigenvalue weighted by atomic mass is 32.2. The molecule has 4 aromatic carbocycles. The van der Waals surface area contributed by atoms with E-state index >= 15 is 4.79 Å². The fourth-order valence-corrected chi connectivity index (χ4v) is 12.8. The Bertz CT molecular complexity index is 2740. The number of likely N-dealkylation sites (N-methyl/N-ethyl adjacent to an activating group) is 1. The highest BCUT2D eigenvalue weighted by Crippen LogP contribution is 2.64. The number of hydrogen-bond acceptors (Lipinski definition) is 16. The van der Waals surface area contributed by atoms with E-state index in [0.29, 0.717) is 70.2 Å². The third kappa shape index (κ3) is 6.61. The molecule has 1 unspecified atom stereocenters. The zero-order valence-electron chi connectivity index (χ0n) is 36.8. The van der Waals surface area contributed by atoms with Gasteiger partial charge >= 0.3 is 17.9 Å². The smallest absolute Gasteiger partial charge is 0.336 e. The van der Waals surface area contributed by atoms with Crippen LogP contribution in [0.4, 0.5) is 0 Å². The molecule has 0 aromatic heterocycles. The molecule has 0 aliphatic carbocycles. The average Bonchev–Trinajstić information content (AvgIpc) is 3.79. The van der Waals surface area contributed by atoms with Crippen molar-refractivity contribution in [3.05, 3.63) is 105 Å². The quantitative estimate of drug-likeness (QED) is 0.133. The molecule has 1 spiro atoms. The number of thioether (sulfide) groups is 1. The topological polar surface area (TPSA) is 178 Å².